The van der Waals surface area contributed by atoms with E-state index in [2.05, 4.69) is 20.4 Å². The number of urea groups is 1. The maximum atomic E-state index is 14.3. The van der Waals surface area contributed by atoms with Crippen molar-refractivity contribution < 1.29 is 45.1 Å². The molecule has 1 aromatic carbocycles. The molecule has 2 saturated carbocycles. The maximum absolute atomic E-state index is 14.3. The highest BCUT2D eigenvalue weighted by atomic mass is 19.4. The lowest BCUT2D eigenvalue weighted by atomic mass is 9.70. The van der Waals surface area contributed by atoms with Gasteiger partial charge in [0.05, 0.1) is 36.4 Å². The van der Waals surface area contributed by atoms with Gasteiger partial charge in [0.2, 0.25) is 5.92 Å². The predicted octanol–water partition coefficient (Wildman–Crippen LogP) is 5.50. The number of alkyl halides is 7. The van der Waals surface area contributed by atoms with Gasteiger partial charge in [0.25, 0.3) is 11.7 Å². The highest BCUT2D eigenvalue weighted by Gasteiger charge is 2.65. The zero-order chi connectivity index (χ0) is 32.2. The van der Waals surface area contributed by atoms with Gasteiger partial charge in [-0.05, 0) is 24.3 Å². The molecule has 3 aromatic rings. The summed E-state index contributed by atoms with van der Waals surface area (Å²) >= 11 is 0. The van der Waals surface area contributed by atoms with Crippen LogP contribution in [0.3, 0.4) is 0 Å². The minimum Gasteiger partial charge on any atom is -0.445 e. The first-order valence-corrected chi connectivity index (χ1v) is 14.2. The largest absolute Gasteiger partial charge is 0.445 e. The SMILES string of the molecule is O=C(NC(c1cn2ncc(C3(N4CC(C(F)(F)F)NC4=O)CC(F)(F)C3)nc2n1)C1CCC(F)(F)CC1)OCc1ccccc1. The molecule has 0 bridgehead atoms. The van der Waals surface area contributed by atoms with E-state index in [4.69, 9.17) is 4.74 Å². The zero-order valence-electron chi connectivity index (χ0n) is 23.5. The number of rotatable bonds is 7. The molecule has 2 atom stereocenters. The molecule has 2 unspecified atom stereocenters. The van der Waals surface area contributed by atoms with E-state index in [1.807, 2.05) is 0 Å². The first-order chi connectivity index (χ1) is 21.1. The lowest BCUT2D eigenvalue weighted by molar-refractivity contribution is -0.177. The van der Waals surface area contributed by atoms with E-state index in [-0.39, 0.29) is 36.6 Å². The second kappa shape index (κ2) is 11.0. The van der Waals surface area contributed by atoms with Crippen molar-refractivity contribution in [3.05, 3.63) is 59.7 Å². The van der Waals surface area contributed by atoms with Crippen LogP contribution in [0, 0.1) is 5.92 Å². The lowest BCUT2D eigenvalue weighted by Crippen LogP contribution is -2.61. The third-order valence-corrected chi connectivity index (χ3v) is 8.65. The van der Waals surface area contributed by atoms with Crippen LogP contribution < -0.4 is 10.6 Å². The van der Waals surface area contributed by atoms with Crippen molar-refractivity contribution in [2.24, 2.45) is 5.92 Å². The molecule has 0 spiro atoms. The summed E-state index contributed by atoms with van der Waals surface area (Å²) < 4.78 is 103. The number of hydrogen-bond acceptors (Lipinski definition) is 6. The Kier molecular flexibility index (Phi) is 7.54. The number of fused-ring (bicyclic) bond motifs is 1. The van der Waals surface area contributed by atoms with E-state index in [0.29, 0.717) is 4.90 Å². The Hall–Kier alpha value is -4.18. The van der Waals surface area contributed by atoms with Gasteiger partial charge >= 0.3 is 18.3 Å². The summed E-state index contributed by atoms with van der Waals surface area (Å²) in [5, 5.41) is 8.67. The minimum absolute atomic E-state index is 0.0498. The van der Waals surface area contributed by atoms with Gasteiger partial charge in [-0.25, -0.2) is 41.6 Å². The van der Waals surface area contributed by atoms with Crippen LogP contribution in [0.15, 0.2) is 42.7 Å². The Morgan fingerprint density at radius 1 is 1.07 bits per heavy atom. The molecule has 3 heterocycles. The van der Waals surface area contributed by atoms with E-state index in [0.717, 1.165) is 11.8 Å². The average molecular weight is 644 g/mol. The molecule has 2 aliphatic carbocycles. The topological polar surface area (TPSA) is 114 Å². The monoisotopic (exact) mass is 643 g/mol. The molecule has 2 aromatic heterocycles. The van der Waals surface area contributed by atoms with Crippen LogP contribution in [-0.4, -0.2) is 67.2 Å². The van der Waals surface area contributed by atoms with Crippen molar-refractivity contribution in [3.8, 4) is 0 Å². The number of carbonyl (C=O) groups is 2. The summed E-state index contributed by atoms with van der Waals surface area (Å²) in [4.78, 5) is 34.8. The van der Waals surface area contributed by atoms with Crippen molar-refractivity contribution in [1.29, 1.82) is 0 Å². The van der Waals surface area contributed by atoms with Gasteiger partial charge in [-0.3, -0.25) is 0 Å². The zero-order valence-corrected chi connectivity index (χ0v) is 23.5. The van der Waals surface area contributed by atoms with E-state index < -0.39 is 85.9 Å². The summed E-state index contributed by atoms with van der Waals surface area (Å²) in [5.41, 5.74) is -1.15. The third-order valence-electron chi connectivity index (χ3n) is 8.65. The quantitative estimate of drug-likeness (QED) is 0.329. The first kappa shape index (κ1) is 30.8. The Balaban J connectivity index is 1.28. The van der Waals surface area contributed by atoms with Crippen molar-refractivity contribution in [2.45, 2.75) is 80.8 Å². The van der Waals surface area contributed by atoms with Gasteiger partial charge in [0, 0.05) is 25.7 Å². The number of alkyl carbamates (subject to hydrolysis) is 1. The summed E-state index contributed by atoms with van der Waals surface area (Å²) in [6.07, 6.45) is -5.78. The van der Waals surface area contributed by atoms with Crippen molar-refractivity contribution in [1.82, 2.24) is 35.1 Å². The number of halogens is 7. The Morgan fingerprint density at radius 3 is 2.38 bits per heavy atom. The molecule has 0 radical (unpaired) electrons. The molecular formula is C28H28F7N7O3. The summed E-state index contributed by atoms with van der Waals surface area (Å²) in [6, 6.07) is 4.53. The fourth-order valence-corrected chi connectivity index (χ4v) is 6.29. The summed E-state index contributed by atoms with van der Waals surface area (Å²) in [5.74, 6) is -6.72. The Bertz CT molecular complexity index is 1570. The van der Waals surface area contributed by atoms with E-state index in [1.165, 1.54) is 10.7 Å². The second-order valence-electron chi connectivity index (χ2n) is 11.8. The molecule has 6 rings (SSSR count). The number of aromatic nitrogens is 4. The minimum atomic E-state index is -4.79. The molecule has 2 N–H and O–H groups in total. The number of hydrogen-bond donors (Lipinski definition) is 2. The molecule has 10 nitrogen and oxygen atoms in total. The Morgan fingerprint density at radius 2 is 1.76 bits per heavy atom. The van der Waals surface area contributed by atoms with E-state index in [1.54, 1.807) is 35.6 Å². The number of nitrogens with zero attached hydrogens (tertiary/aromatic N) is 5. The van der Waals surface area contributed by atoms with Crippen LogP contribution in [0.1, 0.15) is 61.5 Å². The fourth-order valence-electron chi connectivity index (χ4n) is 6.29. The predicted molar refractivity (Wildman–Crippen MR) is 141 cm³/mol. The number of amides is 3. The number of carbonyl (C=O) groups excluding carboxylic acids is 2. The van der Waals surface area contributed by atoms with Gasteiger partial charge in [-0.2, -0.15) is 18.3 Å². The van der Waals surface area contributed by atoms with Crippen molar-refractivity contribution in [2.75, 3.05) is 6.54 Å². The molecular weight excluding hydrogens is 615 g/mol. The number of nitrogens with one attached hydrogen (secondary N) is 2. The van der Waals surface area contributed by atoms with Gasteiger partial charge in [-0.1, -0.05) is 30.3 Å². The molecule has 1 aliphatic heterocycles. The van der Waals surface area contributed by atoms with E-state index in [9.17, 15) is 40.3 Å². The molecule has 45 heavy (non-hydrogen) atoms. The third kappa shape index (κ3) is 6.20. The highest BCUT2D eigenvalue weighted by molar-refractivity contribution is 5.78. The van der Waals surface area contributed by atoms with Crippen LogP contribution in [0.4, 0.5) is 40.3 Å². The van der Waals surface area contributed by atoms with Crippen LogP contribution in [-0.2, 0) is 16.9 Å². The summed E-state index contributed by atoms with van der Waals surface area (Å²) in [6.45, 7) is -0.944. The molecule has 3 aliphatic rings. The molecule has 3 amide bonds. The van der Waals surface area contributed by atoms with Gasteiger partial charge in [0.15, 0.2) is 0 Å². The molecule has 242 valence electrons. The van der Waals surface area contributed by atoms with Crippen LogP contribution in [0.25, 0.3) is 5.78 Å². The maximum Gasteiger partial charge on any atom is 0.410 e. The molecule has 17 heteroatoms. The molecule has 1 saturated heterocycles. The van der Waals surface area contributed by atoms with Gasteiger partial charge in [0.1, 0.15) is 18.2 Å². The summed E-state index contributed by atoms with van der Waals surface area (Å²) in [7, 11) is 0. The van der Waals surface area contributed by atoms with Crippen LogP contribution in [0.2, 0.25) is 0 Å². The number of imidazole rings is 1. The lowest BCUT2D eigenvalue weighted by Gasteiger charge is -2.51. The Labute approximate surface area is 251 Å². The van der Waals surface area contributed by atoms with Crippen molar-refractivity contribution in [3.63, 3.8) is 0 Å². The van der Waals surface area contributed by atoms with Crippen molar-refractivity contribution >= 4 is 17.9 Å². The smallest absolute Gasteiger partial charge is 0.410 e. The van der Waals surface area contributed by atoms with Crippen LogP contribution in [0.5, 0.6) is 0 Å². The average Bonchev–Trinajstić information content (AvgIpc) is 3.57. The normalized spacial score (nSPS) is 23.3. The van der Waals surface area contributed by atoms with Gasteiger partial charge in [-0.15, -0.1) is 0 Å². The fraction of sp³-hybridized carbons (Fsp3) is 0.536. The number of ether oxygens (including phenoxy) is 1. The number of benzene rings is 1. The van der Waals surface area contributed by atoms with E-state index >= 15 is 0 Å². The van der Waals surface area contributed by atoms with Crippen LogP contribution >= 0.6 is 0 Å². The highest BCUT2D eigenvalue weighted by Crippen LogP contribution is 2.55. The second-order valence-corrected chi connectivity index (χ2v) is 11.8. The standard InChI is InChI=1S/C28H28F7N7O3/c29-26(30)8-6-17(7-9-26)21(40-24(44)45-13-16-4-2-1-3-5-16)18-11-42-22(37-18)38-19(10-36-42)25(14-27(31,32)15-25)41-12-20(28(33,34)35)39-23(41)43/h1-5,10-11,17,20-21H,6-9,12-15H2,(H,39,43)(H,40,44). The van der Waals surface area contributed by atoms with Gasteiger partial charge < -0.3 is 20.3 Å². The first-order valence-electron chi connectivity index (χ1n) is 14.2. The molecule has 3 fully saturated rings.